The molecule has 1 aromatic heterocycles. The van der Waals surface area contributed by atoms with Crippen LogP contribution in [-0.2, 0) is 9.59 Å². The van der Waals surface area contributed by atoms with E-state index >= 15 is 0 Å². The molecular weight excluding hydrogens is 392 g/mol. The van der Waals surface area contributed by atoms with Crippen molar-refractivity contribution < 1.29 is 14.3 Å². The molecule has 7 nitrogen and oxygen atoms in total. The first-order valence-electron chi connectivity index (χ1n) is 8.93. The predicted octanol–water partition coefficient (Wildman–Crippen LogP) is 4.28. The molecule has 150 valence electrons. The average molecular weight is 413 g/mol. The number of amides is 2. The number of benzene rings is 2. The summed E-state index contributed by atoms with van der Waals surface area (Å²) in [4.78, 5) is 23.8. The second-order valence-corrected chi connectivity index (χ2v) is 7.29. The zero-order valence-corrected chi connectivity index (χ0v) is 17.0. The quantitative estimate of drug-likeness (QED) is 0.632. The maximum atomic E-state index is 12.7. The Hall–Kier alpha value is -3.32. The van der Waals surface area contributed by atoms with Gasteiger partial charge in [-0.2, -0.15) is 0 Å². The second-order valence-electron chi connectivity index (χ2n) is 6.89. The van der Waals surface area contributed by atoms with Gasteiger partial charge in [0.1, 0.15) is 5.02 Å². The summed E-state index contributed by atoms with van der Waals surface area (Å²) in [5.41, 5.74) is 0.812. The van der Waals surface area contributed by atoms with Gasteiger partial charge in [-0.15, -0.1) is 5.10 Å². The van der Waals surface area contributed by atoms with E-state index in [2.05, 4.69) is 15.7 Å². The van der Waals surface area contributed by atoms with Crippen molar-refractivity contribution in [1.82, 2.24) is 9.78 Å². The molecule has 2 aromatic carbocycles. The lowest BCUT2D eigenvalue weighted by Gasteiger charge is -2.24. The molecule has 2 amide bonds. The molecule has 0 atom stereocenters. The monoisotopic (exact) mass is 412 g/mol. The molecule has 3 aromatic rings. The summed E-state index contributed by atoms with van der Waals surface area (Å²) in [7, 11) is 0. The molecule has 2 N–H and O–H groups in total. The van der Waals surface area contributed by atoms with Crippen molar-refractivity contribution in [2.24, 2.45) is 0 Å². The SMILES string of the molecule is CC(=O)Nc1ccc(NC(=O)C(C)(C)Oc2nn(-c3ccccc3)cc2Cl)cc1. The highest BCUT2D eigenvalue weighted by molar-refractivity contribution is 6.31. The third-order valence-corrected chi connectivity index (χ3v) is 4.28. The van der Waals surface area contributed by atoms with Gasteiger partial charge in [0.15, 0.2) is 5.60 Å². The largest absolute Gasteiger partial charge is 0.459 e. The Kier molecular flexibility index (Phi) is 5.89. The van der Waals surface area contributed by atoms with Crippen molar-refractivity contribution in [2.75, 3.05) is 10.6 Å². The van der Waals surface area contributed by atoms with Gasteiger partial charge in [0.25, 0.3) is 11.8 Å². The highest BCUT2D eigenvalue weighted by Crippen LogP contribution is 2.28. The molecule has 0 saturated carbocycles. The van der Waals surface area contributed by atoms with Crippen LogP contribution in [0.15, 0.2) is 60.8 Å². The average Bonchev–Trinajstić information content (AvgIpc) is 3.03. The van der Waals surface area contributed by atoms with Crippen molar-refractivity contribution in [3.8, 4) is 11.6 Å². The number of carbonyl (C=O) groups is 2. The Bertz CT molecular complexity index is 1010. The molecule has 3 rings (SSSR count). The van der Waals surface area contributed by atoms with Crippen LogP contribution in [-0.4, -0.2) is 27.2 Å². The highest BCUT2D eigenvalue weighted by atomic mass is 35.5. The molecule has 0 radical (unpaired) electrons. The van der Waals surface area contributed by atoms with Gasteiger partial charge in [0, 0.05) is 18.3 Å². The van der Waals surface area contributed by atoms with E-state index in [9.17, 15) is 9.59 Å². The summed E-state index contributed by atoms with van der Waals surface area (Å²) < 4.78 is 7.40. The maximum Gasteiger partial charge on any atom is 0.268 e. The van der Waals surface area contributed by atoms with Gasteiger partial charge in [0.2, 0.25) is 5.91 Å². The minimum atomic E-state index is -1.23. The van der Waals surface area contributed by atoms with Gasteiger partial charge in [0.05, 0.1) is 11.9 Å². The van der Waals surface area contributed by atoms with Crippen LogP contribution in [0.1, 0.15) is 20.8 Å². The number of anilines is 2. The number of carbonyl (C=O) groups excluding carboxylic acids is 2. The number of hydrogen-bond donors (Lipinski definition) is 2. The predicted molar refractivity (Wildman–Crippen MR) is 113 cm³/mol. The van der Waals surface area contributed by atoms with Crippen LogP contribution in [0.25, 0.3) is 5.69 Å². The van der Waals surface area contributed by atoms with Crippen LogP contribution in [0.3, 0.4) is 0 Å². The molecule has 8 heteroatoms. The van der Waals surface area contributed by atoms with E-state index in [0.717, 1.165) is 5.69 Å². The van der Waals surface area contributed by atoms with Crippen molar-refractivity contribution in [1.29, 1.82) is 0 Å². The van der Waals surface area contributed by atoms with Crippen LogP contribution in [0.5, 0.6) is 5.88 Å². The minimum Gasteiger partial charge on any atom is -0.459 e. The number of aromatic nitrogens is 2. The van der Waals surface area contributed by atoms with Gasteiger partial charge in [-0.25, -0.2) is 4.68 Å². The minimum absolute atomic E-state index is 0.164. The molecule has 1 heterocycles. The molecule has 29 heavy (non-hydrogen) atoms. The highest BCUT2D eigenvalue weighted by Gasteiger charge is 2.32. The summed E-state index contributed by atoms with van der Waals surface area (Å²) in [6, 6.07) is 16.2. The molecule has 0 saturated heterocycles. The Morgan fingerprint density at radius 2 is 1.59 bits per heavy atom. The molecule has 0 aliphatic carbocycles. The Morgan fingerprint density at radius 3 is 2.17 bits per heavy atom. The van der Waals surface area contributed by atoms with Crippen LogP contribution >= 0.6 is 11.6 Å². The first-order chi connectivity index (χ1) is 13.7. The van der Waals surface area contributed by atoms with E-state index in [-0.39, 0.29) is 17.7 Å². The van der Waals surface area contributed by atoms with E-state index in [1.165, 1.54) is 6.92 Å². The van der Waals surface area contributed by atoms with E-state index in [1.54, 1.807) is 49.0 Å². The summed E-state index contributed by atoms with van der Waals surface area (Å²) in [5.74, 6) is -0.366. The Labute approximate surface area is 173 Å². The van der Waals surface area contributed by atoms with E-state index < -0.39 is 5.60 Å². The van der Waals surface area contributed by atoms with E-state index in [0.29, 0.717) is 16.4 Å². The number of para-hydroxylation sites is 1. The Balaban J connectivity index is 1.70. The number of ether oxygens (including phenoxy) is 1. The molecule has 0 bridgehead atoms. The summed E-state index contributed by atoms with van der Waals surface area (Å²) in [6.07, 6.45) is 1.63. The van der Waals surface area contributed by atoms with Gasteiger partial charge in [-0.3, -0.25) is 9.59 Å². The van der Waals surface area contributed by atoms with E-state index in [1.807, 2.05) is 30.3 Å². The first-order valence-corrected chi connectivity index (χ1v) is 9.31. The van der Waals surface area contributed by atoms with Crippen molar-refractivity contribution in [2.45, 2.75) is 26.4 Å². The number of nitrogens with zero attached hydrogens (tertiary/aromatic N) is 2. The number of rotatable bonds is 6. The lowest BCUT2D eigenvalue weighted by atomic mass is 10.1. The fourth-order valence-electron chi connectivity index (χ4n) is 2.53. The smallest absolute Gasteiger partial charge is 0.268 e. The zero-order valence-electron chi connectivity index (χ0n) is 16.3. The third kappa shape index (κ3) is 5.14. The van der Waals surface area contributed by atoms with Gasteiger partial charge >= 0.3 is 0 Å². The summed E-state index contributed by atoms with van der Waals surface area (Å²) >= 11 is 6.25. The van der Waals surface area contributed by atoms with Crippen molar-refractivity contribution in [3.05, 3.63) is 65.8 Å². The standard InChI is InChI=1S/C21H21ClN4O3/c1-14(27)23-15-9-11-16(12-10-15)24-20(28)21(2,3)29-19-18(22)13-26(25-19)17-7-5-4-6-8-17/h4-13H,1-3H3,(H,23,27)(H,24,28). The maximum absolute atomic E-state index is 12.7. The van der Waals surface area contributed by atoms with E-state index in [4.69, 9.17) is 16.3 Å². The van der Waals surface area contributed by atoms with Gasteiger partial charge < -0.3 is 15.4 Å². The molecule has 0 unspecified atom stereocenters. The summed E-state index contributed by atoms with van der Waals surface area (Å²) in [5, 5.41) is 10.1. The fourth-order valence-corrected chi connectivity index (χ4v) is 2.70. The van der Waals surface area contributed by atoms with Crippen LogP contribution in [0, 0.1) is 0 Å². The third-order valence-electron chi connectivity index (χ3n) is 4.02. The van der Waals surface area contributed by atoms with Crippen molar-refractivity contribution in [3.63, 3.8) is 0 Å². The fraction of sp³-hybridized carbons (Fsp3) is 0.190. The number of nitrogens with one attached hydrogen (secondary N) is 2. The lowest BCUT2D eigenvalue weighted by molar-refractivity contribution is -0.128. The number of halogens is 1. The Morgan fingerprint density at radius 1 is 1.00 bits per heavy atom. The molecule has 0 aliphatic rings. The number of hydrogen-bond acceptors (Lipinski definition) is 4. The van der Waals surface area contributed by atoms with Crippen LogP contribution < -0.4 is 15.4 Å². The molecular formula is C21H21ClN4O3. The van der Waals surface area contributed by atoms with Gasteiger partial charge in [-0.05, 0) is 50.2 Å². The molecule has 0 spiro atoms. The molecule has 0 aliphatic heterocycles. The first kappa shape index (κ1) is 20.4. The lowest BCUT2D eigenvalue weighted by Crippen LogP contribution is -2.42. The summed E-state index contributed by atoms with van der Waals surface area (Å²) in [6.45, 7) is 4.69. The topological polar surface area (TPSA) is 85.2 Å². The van der Waals surface area contributed by atoms with Crippen molar-refractivity contribution >= 4 is 34.8 Å². The zero-order chi connectivity index (χ0) is 21.0. The second kappa shape index (κ2) is 8.36. The molecule has 0 fully saturated rings. The van der Waals surface area contributed by atoms with Gasteiger partial charge in [-0.1, -0.05) is 29.8 Å². The van der Waals surface area contributed by atoms with Crippen LogP contribution in [0.2, 0.25) is 5.02 Å². The van der Waals surface area contributed by atoms with Crippen LogP contribution in [0.4, 0.5) is 11.4 Å². The normalized spacial score (nSPS) is 11.0.